The van der Waals surface area contributed by atoms with Gasteiger partial charge in [-0.1, -0.05) is 30.4 Å². The maximum Gasteiger partial charge on any atom is 0.219 e. The molecule has 3 nitrogen and oxygen atoms in total. The van der Waals surface area contributed by atoms with E-state index in [0.717, 1.165) is 25.9 Å². The summed E-state index contributed by atoms with van der Waals surface area (Å²) in [5, 5.41) is 0. The van der Waals surface area contributed by atoms with Crippen molar-refractivity contribution in [1.29, 1.82) is 0 Å². The summed E-state index contributed by atoms with van der Waals surface area (Å²) in [6.45, 7) is 3.95. The van der Waals surface area contributed by atoms with E-state index in [2.05, 4.69) is 30.4 Å². The Balaban J connectivity index is 1.89. The number of carbonyl (C=O) groups excluding carboxylic acids is 1. The molecule has 0 unspecified atom stereocenters. The molecule has 2 aliphatic rings. The van der Waals surface area contributed by atoms with Gasteiger partial charge in [-0.3, -0.25) is 4.79 Å². The molecule has 0 saturated carbocycles. The molecule has 1 aliphatic carbocycles. The van der Waals surface area contributed by atoms with Crippen LogP contribution in [0.15, 0.2) is 24.3 Å². The van der Waals surface area contributed by atoms with Gasteiger partial charge in [0.25, 0.3) is 0 Å². The van der Waals surface area contributed by atoms with Crippen LogP contribution in [0.3, 0.4) is 0 Å². The van der Waals surface area contributed by atoms with E-state index in [1.54, 1.807) is 6.92 Å². The van der Waals surface area contributed by atoms with Crippen molar-refractivity contribution < 1.29 is 4.79 Å². The van der Waals surface area contributed by atoms with Crippen molar-refractivity contribution in [2.45, 2.75) is 31.7 Å². The number of hydrogen-bond acceptors (Lipinski definition) is 2. The molecule has 3 heteroatoms. The van der Waals surface area contributed by atoms with E-state index >= 15 is 0 Å². The topological polar surface area (TPSA) is 46.3 Å². The number of nitrogens with zero attached hydrogens (tertiary/aromatic N) is 1. The van der Waals surface area contributed by atoms with E-state index < -0.39 is 0 Å². The second-order valence-electron chi connectivity index (χ2n) is 5.62. The number of piperidine rings is 1. The van der Waals surface area contributed by atoms with Gasteiger partial charge in [-0.05, 0) is 29.5 Å². The first-order valence-corrected chi connectivity index (χ1v) is 6.93. The first-order chi connectivity index (χ1) is 9.14. The number of carbonyl (C=O) groups is 1. The van der Waals surface area contributed by atoms with Crippen LogP contribution in [0.4, 0.5) is 0 Å². The number of rotatable bonds is 1. The third-order valence-electron chi connectivity index (χ3n) is 4.57. The van der Waals surface area contributed by atoms with Crippen LogP contribution in [0.25, 0.3) is 6.08 Å². The minimum Gasteiger partial charge on any atom is -0.343 e. The van der Waals surface area contributed by atoms with Gasteiger partial charge in [0.1, 0.15) is 0 Å². The number of allylic oxidation sites excluding steroid dienone is 1. The third-order valence-corrected chi connectivity index (χ3v) is 4.57. The molecule has 1 spiro atoms. The fourth-order valence-electron chi connectivity index (χ4n) is 3.30. The van der Waals surface area contributed by atoms with E-state index in [-0.39, 0.29) is 11.3 Å². The van der Waals surface area contributed by atoms with Gasteiger partial charge in [0.2, 0.25) is 5.91 Å². The highest BCUT2D eigenvalue weighted by atomic mass is 16.2. The standard InChI is InChI=1S/C16H20N2O/c1-12(19)18-8-6-16(7-9-18)5-4-14-3-2-13(11-17)10-15(14)16/h2-5,10H,6-9,11,17H2,1H3. The summed E-state index contributed by atoms with van der Waals surface area (Å²) in [5.74, 6) is 0.188. The molecule has 100 valence electrons. The van der Waals surface area contributed by atoms with Crippen molar-refractivity contribution in [3.63, 3.8) is 0 Å². The number of hydrogen-bond donors (Lipinski definition) is 1. The molecule has 19 heavy (non-hydrogen) atoms. The normalized spacial score (nSPS) is 19.8. The van der Waals surface area contributed by atoms with Crippen molar-refractivity contribution in [1.82, 2.24) is 4.90 Å². The van der Waals surface area contributed by atoms with Crippen LogP contribution >= 0.6 is 0 Å². The van der Waals surface area contributed by atoms with Crippen LogP contribution in [0.1, 0.15) is 36.5 Å². The SMILES string of the molecule is CC(=O)N1CCC2(C=Cc3ccc(CN)cc32)CC1. The predicted octanol–water partition coefficient (Wildman–Crippen LogP) is 2.05. The average molecular weight is 256 g/mol. The molecule has 1 heterocycles. The summed E-state index contributed by atoms with van der Waals surface area (Å²) < 4.78 is 0. The fraction of sp³-hybridized carbons (Fsp3) is 0.438. The molecule has 1 amide bonds. The first-order valence-electron chi connectivity index (χ1n) is 6.93. The van der Waals surface area contributed by atoms with E-state index in [1.165, 1.54) is 16.7 Å². The van der Waals surface area contributed by atoms with E-state index in [9.17, 15) is 4.79 Å². The van der Waals surface area contributed by atoms with Gasteiger partial charge in [0, 0.05) is 32.0 Å². The summed E-state index contributed by atoms with van der Waals surface area (Å²) >= 11 is 0. The van der Waals surface area contributed by atoms with Crippen LogP contribution in [0.5, 0.6) is 0 Å². The Bertz CT molecular complexity index is 540. The molecule has 1 aromatic carbocycles. The van der Waals surface area contributed by atoms with Gasteiger partial charge < -0.3 is 10.6 Å². The van der Waals surface area contributed by atoms with Gasteiger partial charge >= 0.3 is 0 Å². The Morgan fingerprint density at radius 3 is 2.74 bits per heavy atom. The van der Waals surface area contributed by atoms with E-state index in [0.29, 0.717) is 6.54 Å². The average Bonchev–Trinajstić information content (AvgIpc) is 2.78. The van der Waals surface area contributed by atoms with Crippen LogP contribution in [0, 0.1) is 0 Å². The Kier molecular flexibility index (Phi) is 2.94. The maximum atomic E-state index is 11.4. The largest absolute Gasteiger partial charge is 0.343 e. The molecule has 3 rings (SSSR count). The van der Waals surface area contributed by atoms with Crippen molar-refractivity contribution >= 4 is 12.0 Å². The Morgan fingerprint density at radius 1 is 1.37 bits per heavy atom. The highest BCUT2D eigenvalue weighted by molar-refractivity contribution is 5.74. The first kappa shape index (κ1) is 12.4. The smallest absolute Gasteiger partial charge is 0.219 e. The lowest BCUT2D eigenvalue weighted by atomic mass is 9.74. The molecule has 0 atom stereocenters. The Labute approximate surface area is 114 Å². The fourth-order valence-corrected chi connectivity index (χ4v) is 3.30. The summed E-state index contributed by atoms with van der Waals surface area (Å²) in [6.07, 6.45) is 6.59. The van der Waals surface area contributed by atoms with Crippen LogP contribution < -0.4 is 5.73 Å². The van der Waals surface area contributed by atoms with Gasteiger partial charge in [0.05, 0.1) is 0 Å². The summed E-state index contributed by atoms with van der Waals surface area (Å²) in [7, 11) is 0. The molecule has 1 aromatic rings. The number of amides is 1. The highest BCUT2D eigenvalue weighted by Crippen LogP contribution is 2.44. The molecular weight excluding hydrogens is 236 g/mol. The molecule has 0 bridgehead atoms. The monoisotopic (exact) mass is 256 g/mol. The molecule has 1 fully saturated rings. The second kappa shape index (κ2) is 4.49. The van der Waals surface area contributed by atoms with Crippen molar-refractivity contribution in [2.75, 3.05) is 13.1 Å². The molecule has 0 aromatic heterocycles. The number of benzene rings is 1. The van der Waals surface area contributed by atoms with E-state index in [1.807, 2.05) is 4.90 Å². The van der Waals surface area contributed by atoms with Crippen molar-refractivity contribution in [3.05, 3.63) is 41.0 Å². The Hall–Kier alpha value is -1.61. The molecule has 1 aliphatic heterocycles. The summed E-state index contributed by atoms with van der Waals surface area (Å²) in [5.41, 5.74) is 9.79. The Morgan fingerprint density at radius 2 is 2.11 bits per heavy atom. The summed E-state index contributed by atoms with van der Waals surface area (Å²) in [6, 6.07) is 6.52. The maximum absolute atomic E-state index is 11.4. The van der Waals surface area contributed by atoms with Crippen molar-refractivity contribution in [3.8, 4) is 0 Å². The van der Waals surface area contributed by atoms with Gasteiger partial charge in [-0.2, -0.15) is 0 Å². The zero-order valence-electron chi connectivity index (χ0n) is 11.4. The highest BCUT2D eigenvalue weighted by Gasteiger charge is 2.38. The minimum absolute atomic E-state index is 0.131. The predicted molar refractivity (Wildman–Crippen MR) is 76.5 cm³/mol. The lowest BCUT2D eigenvalue weighted by molar-refractivity contribution is -0.130. The third kappa shape index (κ3) is 1.98. The van der Waals surface area contributed by atoms with Crippen LogP contribution in [0.2, 0.25) is 0 Å². The zero-order valence-corrected chi connectivity index (χ0v) is 11.4. The van der Waals surface area contributed by atoms with Gasteiger partial charge in [0.15, 0.2) is 0 Å². The van der Waals surface area contributed by atoms with Gasteiger partial charge in [-0.25, -0.2) is 0 Å². The molecule has 0 radical (unpaired) electrons. The number of likely N-dealkylation sites (tertiary alicyclic amines) is 1. The van der Waals surface area contributed by atoms with Crippen LogP contribution in [-0.2, 0) is 16.8 Å². The minimum atomic E-state index is 0.131. The molecule has 2 N–H and O–H groups in total. The van der Waals surface area contributed by atoms with Crippen LogP contribution in [-0.4, -0.2) is 23.9 Å². The number of nitrogens with two attached hydrogens (primary N) is 1. The molecular formula is C16H20N2O. The zero-order chi connectivity index (χ0) is 13.5. The second-order valence-corrected chi connectivity index (χ2v) is 5.62. The lowest BCUT2D eigenvalue weighted by Gasteiger charge is -2.39. The van der Waals surface area contributed by atoms with Gasteiger partial charge in [-0.15, -0.1) is 0 Å². The number of fused-ring (bicyclic) bond motifs is 2. The quantitative estimate of drug-likeness (QED) is 0.836. The molecule has 1 saturated heterocycles. The van der Waals surface area contributed by atoms with E-state index in [4.69, 9.17) is 5.73 Å². The summed E-state index contributed by atoms with van der Waals surface area (Å²) in [4.78, 5) is 13.4. The van der Waals surface area contributed by atoms with Crippen molar-refractivity contribution in [2.24, 2.45) is 5.73 Å². The lowest BCUT2D eigenvalue weighted by Crippen LogP contribution is -2.43.